The van der Waals surface area contributed by atoms with E-state index in [0.29, 0.717) is 16.4 Å². The number of aromatic hydroxyl groups is 1. The van der Waals surface area contributed by atoms with E-state index >= 15 is 0 Å². The zero-order valence-corrected chi connectivity index (χ0v) is 11.6. The summed E-state index contributed by atoms with van der Waals surface area (Å²) in [5, 5.41) is 13.2. The quantitative estimate of drug-likeness (QED) is 0.883. The SMILES string of the molecule is CSC1CCCC1NC(=O)c1cccc(O)c1C. The van der Waals surface area contributed by atoms with Crippen molar-refractivity contribution >= 4 is 17.7 Å². The number of carbonyl (C=O) groups excluding carboxylic acids is 1. The van der Waals surface area contributed by atoms with Crippen molar-refractivity contribution in [2.75, 3.05) is 6.26 Å². The average molecular weight is 265 g/mol. The van der Waals surface area contributed by atoms with Crippen molar-refractivity contribution in [1.29, 1.82) is 0 Å². The summed E-state index contributed by atoms with van der Waals surface area (Å²) in [5.41, 5.74) is 1.22. The summed E-state index contributed by atoms with van der Waals surface area (Å²) in [4.78, 5) is 12.2. The molecule has 4 heteroatoms. The molecule has 2 N–H and O–H groups in total. The third-order valence-electron chi connectivity index (χ3n) is 3.62. The summed E-state index contributed by atoms with van der Waals surface area (Å²) in [6.07, 6.45) is 5.49. The van der Waals surface area contributed by atoms with Crippen LogP contribution in [-0.2, 0) is 0 Å². The zero-order chi connectivity index (χ0) is 13.1. The maximum Gasteiger partial charge on any atom is 0.251 e. The Labute approximate surface area is 112 Å². The normalized spacial score (nSPS) is 23.0. The lowest BCUT2D eigenvalue weighted by atomic mass is 10.1. The number of rotatable bonds is 3. The van der Waals surface area contributed by atoms with Crippen molar-refractivity contribution in [3.05, 3.63) is 29.3 Å². The highest BCUT2D eigenvalue weighted by Gasteiger charge is 2.28. The van der Waals surface area contributed by atoms with Crippen molar-refractivity contribution in [2.24, 2.45) is 0 Å². The molecule has 2 unspecified atom stereocenters. The van der Waals surface area contributed by atoms with Crippen molar-refractivity contribution in [1.82, 2.24) is 5.32 Å². The fourth-order valence-electron chi connectivity index (χ4n) is 2.49. The molecule has 1 fully saturated rings. The third kappa shape index (κ3) is 2.64. The highest BCUT2D eigenvalue weighted by atomic mass is 32.2. The molecule has 0 bridgehead atoms. The van der Waals surface area contributed by atoms with Crippen molar-refractivity contribution in [3.8, 4) is 5.75 Å². The van der Waals surface area contributed by atoms with Gasteiger partial charge in [0, 0.05) is 22.4 Å². The molecule has 0 saturated heterocycles. The fraction of sp³-hybridized carbons (Fsp3) is 0.500. The molecule has 1 saturated carbocycles. The van der Waals surface area contributed by atoms with Crippen LogP contribution in [0.25, 0.3) is 0 Å². The number of hydrogen-bond acceptors (Lipinski definition) is 3. The Morgan fingerprint density at radius 2 is 2.22 bits per heavy atom. The molecule has 1 aliphatic carbocycles. The lowest BCUT2D eigenvalue weighted by Gasteiger charge is -2.19. The first kappa shape index (κ1) is 13.3. The standard InChI is InChI=1S/C14H19NO2S/c1-9-10(5-3-7-12(9)16)14(17)15-11-6-4-8-13(11)18-2/h3,5,7,11,13,16H,4,6,8H2,1-2H3,(H,15,17). The van der Waals surface area contributed by atoms with Crippen LogP contribution in [0.3, 0.4) is 0 Å². The van der Waals surface area contributed by atoms with E-state index in [1.807, 2.05) is 11.8 Å². The molecule has 2 atom stereocenters. The van der Waals surface area contributed by atoms with Gasteiger partial charge in [-0.25, -0.2) is 0 Å². The summed E-state index contributed by atoms with van der Waals surface area (Å²) in [6.45, 7) is 1.77. The predicted molar refractivity (Wildman–Crippen MR) is 75.3 cm³/mol. The Morgan fingerprint density at radius 3 is 2.94 bits per heavy atom. The highest BCUT2D eigenvalue weighted by molar-refractivity contribution is 7.99. The monoisotopic (exact) mass is 265 g/mol. The largest absolute Gasteiger partial charge is 0.508 e. The van der Waals surface area contributed by atoms with E-state index < -0.39 is 0 Å². The van der Waals surface area contributed by atoms with Crippen LogP contribution in [-0.4, -0.2) is 28.6 Å². The molecule has 0 aromatic heterocycles. The van der Waals surface area contributed by atoms with Crippen molar-refractivity contribution < 1.29 is 9.90 Å². The van der Waals surface area contributed by atoms with E-state index in [1.165, 1.54) is 12.8 Å². The van der Waals surface area contributed by atoms with Gasteiger partial charge in [-0.2, -0.15) is 11.8 Å². The first-order chi connectivity index (χ1) is 8.63. The van der Waals surface area contributed by atoms with Crippen LogP contribution in [0.1, 0.15) is 35.2 Å². The topological polar surface area (TPSA) is 49.3 Å². The van der Waals surface area contributed by atoms with Gasteiger partial charge in [-0.15, -0.1) is 0 Å². The van der Waals surface area contributed by atoms with Crippen molar-refractivity contribution in [2.45, 2.75) is 37.5 Å². The number of thioether (sulfide) groups is 1. The minimum atomic E-state index is -0.0747. The molecule has 3 nitrogen and oxygen atoms in total. The Kier molecular flexibility index (Phi) is 4.17. The van der Waals surface area contributed by atoms with Gasteiger partial charge in [-0.3, -0.25) is 4.79 Å². The van der Waals surface area contributed by atoms with E-state index in [2.05, 4.69) is 11.6 Å². The summed E-state index contributed by atoms with van der Waals surface area (Å²) in [6, 6.07) is 5.33. The maximum absolute atomic E-state index is 12.2. The molecule has 0 radical (unpaired) electrons. The second-order valence-corrected chi connectivity index (χ2v) is 5.81. The van der Waals surface area contributed by atoms with Gasteiger partial charge in [0.15, 0.2) is 0 Å². The number of amides is 1. The molecule has 1 aliphatic rings. The molecule has 0 aliphatic heterocycles. The zero-order valence-electron chi connectivity index (χ0n) is 10.8. The van der Waals surface area contributed by atoms with Crippen LogP contribution in [0.4, 0.5) is 0 Å². The van der Waals surface area contributed by atoms with Crippen LogP contribution < -0.4 is 5.32 Å². The van der Waals surface area contributed by atoms with Gasteiger partial charge in [0.2, 0.25) is 0 Å². The van der Waals surface area contributed by atoms with Gasteiger partial charge in [0.1, 0.15) is 5.75 Å². The number of benzene rings is 1. The summed E-state index contributed by atoms with van der Waals surface area (Å²) >= 11 is 1.82. The minimum Gasteiger partial charge on any atom is -0.508 e. The number of nitrogens with one attached hydrogen (secondary N) is 1. The summed E-state index contributed by atoms with van der Waals surface area (Å²) < 4.78 is 0. The predicted octanol–water partition coefficient (Wildman–Crippen LogP) is 2.71. The Balaban J connectivity index is 2.10. The molecule has 0 spiro atoms. The Bertz CT molecular complexity index is 447. The van der Waals surface area contributed by atoms with Crippen LogP contribution in [0.2, 0.25) is 0 Å². The molecule has 1 aromatic rings. The van der Waals surface area contributed by atoms with Crippen LogP contribution >= 0.6 is 11.8 Å². The first-order valence-electron chi connectivity index (χ1n) is 6.25. The minimum absolute atomic E-state index is 0.0747. The summed E-state index contributed by atoms with van der Waals surface area (Å²) in [7, 11) is 0. The number of carbonyl (C=O) groups is 1. The highest BCUT2D eigenvalue weighted by Crippen LogP contribution is 2.29. The fourth-order valence-corrected chi connectivity index (χ4v) is 3.42. The molecule has 1 aromatic carbocycles. The van der Waals surface area contributed by atoms with E-state index in [4.69, 9.17) is 0 Å². The van der Waals surface area contributed by atoms with Crippen LogP contribution in [0.5, 0.6) is 5.75 Å². The van der Waals surface area contributed by atoms with E-state index in [9.17, 15) is 9.90 Å². The van der Waals surface area contributed by atoms with Crippen molar-refractivity contribution in [3.63, 3.8) is 0 Å². The van der Waals surface area contributed by atoms with Gasteiger partial charge in [0.25, 0.3) is 5.91 Å². The molecule has 0 heterocycles. The van der Waals surface area contributed by atoms with Gasteiger partial charge >= 0.3 is 0 Å². The first-order valence-corrected chi connectivity index (χ1v) is 7.54. The Hall–Kier alpha value is -1.16. The maximum atomic E-state index is 12.2. The van der Waals surface area contributed by atoms with Crippen LogP contribution in [0, 0.1) is 6.92 Å². The number of hydrogen-bond donors (Lipinski definition) is 2. The molecule has 98 valence electrons. The molecule has 18 heavy (non-hydrogen) atoms. The molecule has 1 amide bonds. The summed E-state index contributed by atoms with van der Waals surface area (Å²) in [5.74, 6) is 0.102. The second-order valence-electron chi connectivity index (χ2n) is 4.73. The van der Waals surface area contributed by atoms with Gasteiger partial charge < -0.3 is 10.4 Å². The molecular formula is C14H19NO2S. The molecule has 2 rings (SSSR count). The molecular weight excluding hydrogens is 246 g/mol. The smallest absolute Gasteiger partial charge is 0.251 e. The van der Waals surface area contributed by atoms with E-state index in [-0.39, 0.29) is 17.7 Å². The van der Waals surface area contributed by atoms with Gasteiger partial charge in [-0.05, 0) is 38.2 Å². The lowest BCUT2D eigenvalue weighted by molar-refractivity contribution is 0.0937. The third-order valence-corrected chi connectivity index (χ3v) is 4.79. The second kappa shape index (κ2) is 5.65. The van der Waals surface area contributed by atoms with E-state index in [1.54, 1.807) is 25.1 Å². The van der Waals surface area contributed by atoms with Crippen LogP contribution in [0.15, 0.2) is 18.2 Å². The number of phenolic OH excluding ortho intramolecular Hbond substituents is 1. The average Bonchev–Trinajstić information content (AvgIpc) is 2.79. The number of phenols is 1. The lowest BCUT2D eigenvalue weighted by Crippen LogP contribution is -2.38. The van der Waals surface area contributed by atoms with E-state index in [0.717, 1.165) is 6.42 Å². The Morgan fingerprint density at radius 1 is 1.44 bits per heavy atom. The van der Waals surface area contributed by atoms with Gasteiger partial charge in [0.05, 0.1) is 0 Å². The van der Waals surface area contributed by atoms with Gasteiger partial charge in [-0.1, -0.05) is 12.5 Å².